The summed E-state index contributed by atoms with van der Waals surface area (Å²) in [5, 5.41) is 7.68. The van der Waals surface area contributed by atoms with Crippen molar-refractivity contribution in [2.75, 3.05) is 6.54 Å². The van der Waals surface area contributed by atoms with Crippen molar-refractivity contribution in [2.24, 2.45) is 0 Å². The van der Waals surface area contributed by atoms with Crippen LogP contribution in [0.15, 0.2) is 12.3 Å². The highest BCUT2D eigenvalue weighted by Crippen LogP contribution is 2.13. The number of hydrogen-bond donors (Lipinski definition) is 1. The molecule has 0 radical (unpaired) electrons. The van der Waals surface area contributed by atoms with Gasteiger partial charge in [-0.25, -0.2) is 9.50 Å². The molecule has 2 aromatic heterocycles. The highest BCUT2D eigenvalue weighted by molar-refractivity contribution is 5.41. The summed E-state index contributed by atoms with van der Waals surface area (Å²) in [6.07, 6.45) is 3.10. The number of hydrogen-bond acceptors (Lipinski definition) is 3. The Morgan fingerprint density at radius 3 is 3.36 bits per heavy atom. The number of aromatic nitrogens is 3. The van der Waals surface area contributed by atoms with Crippen LogP contribution in [0.25, 0.3) is 5.65 Å². The van der Waals surface area contributed by atoms with Gasteiger partial charge in [0, 0.05) is 37.3 Å². The highest BCUT2D eigenvalue weighted by atomic mass is 15.2. The monoisotopic (exact) mass is 188 g/mol. The number of fused-ring (bicyclic) bond motifs is 2. The Kier molecular flexibility index (Phi) is 1.58. The molecule has 1 aliphatic rings. The normalized spacial score (nSPS) is 15.8. The second-order valence-corrected chi connectivity index (χ2v) is 3.73. The molecule has 1 N–H and O–H groups in total. The van der Waals surface area contributed by atoms with Crippen LogP contribution in [-0.4, -0.2) is 21.1 Å². The van der Waals surface area contributed by atoms with Gasteiger partial charge in [0.25, 0.3) is 0 Å². The van der Waals surface area contributed by atoms with E-state index in [0.29, 0.717) is 0 Å². The number of nitrogens with zero attached hydrogens (tertiary/aromatic N) is 3. The molecule has 0 saturated carbocycles. The van der Waals surface area contributed by atoms with E-state index in [9.17, 15) is 0 Å². The van der Waals surface area contributed by atoms with Crippen molar-refractivity contribution >= 4 is 5.65 Å². The van der Waals surface area contributed by atoms with E-state index in [1.54, 1.807) is 0 Å². The third kappa shape index (κ3) is 1.11. The fourth-order valence-corrected chi connectivity index (χ4v) is 1.91. The topological polar surface area (TPSA) is 42.2 Å². The summed E-state index contributed by atoms with van der Waals surface area (Å²) in [7, 11) is 0. The summed E-state index contributed by atoms with van der Waals surface area (Å²) in [6.45, 7) is 3.94. The van der Waals surface area contributed by atoms with E-state index in [1.807, 2.05) is 17.5 Å². The molecule has 4 heteroatoms. The largest absolute Gasteiger partial charge is 0.312 e. The molecule has 0 spiro atoms. The lowest BCUT2D eigenvalue weighted by molar-refractivity contribution is 0.623. The minimum Gasteiger partial charge on any atom is -0.312 e. The average molecular weight is 188 g/mol. The fourth-order valence-electron chi connectivity index (χ4n) is 1.91. The van der Waals surface area contributed by atoms with Crippen molar-refractivity contribution in [3.8, 4) is 0 Å². The molecule has 2 aromatic rings. The first kappa shape index (κ1) is 7.94. The zero-order valence-corrected chi connectivity index (χ0v) is 8.12. The lowest BCUT2D eigenvalue weighted by Crippen LogP contribution is -2.25. The molecule has 72 valence electrons. The predicted molar refractivity (Wildman–Crippen MR) is 53.1 cm³/mol. The lowest BCUT2D eigenvalue weighted by atomic mass is 10.1. The van der Waals surface area contributed by atoms with Gasteiger partial charge in [-0.2, -0.15) is 5.10 Å². The van der Waals surface area contributed by atoms with Crippen LogP contribution in [-0.2, 0) is 13.0 Å². The first-order valence-electron chi connectivity index (χ1n) is 4.88. The highest BCUT2D eigenvalue weighted by Gasteiger charge is 2.11. The molecule has 0 unspecified atom stereocenters. The van der Waals surface area contributed by atoms with E-state index in [-0.39, 0.29) is 0 Å². The summed E-state index contributed by atoms with van der Waals surface area (Å²) in [5.74, 6) is 0. The van der Waals surface area contributed by atoms with E-state index in [1.165, 1.54) is 11.3 Å². The van der Waals surface area contributed by atoms with Crippen molar-refractivity contribution in [1.29, 1.82) is 0 Å². The summed E-state index contributed by atoms with van der Waals surface area (Å²) in [6, 6.07) is 2.02. The molecule has 1 aliphatic heterocycles. The van der Waals surface area contributed by atoms with Gasteiger partial charge in [0.2, 0.25) is 0 Å². The van der Waals surface area contributed by atoms with Crippen molar-refractivity contribution in [1.82, 2.24) is 19.9 Å². The van der Waals surface area contributed by atoms with E-state index >= 15 is 0 Å². The van der Waals surface area contributed by atoms with Gasteiger partial charge < -0.3 is 5.32 Å². The minimum atomic E-state index is 0.914. The third-order valence-corrected chi connectivity index (χ3v) is 2.59. The van der Waals surface area contributed by atoms with Crippen molar-refractivity contribution in [3.05, 3.63) is 29.2 Å². The smallest absolute Gasteiger partial charge is 0.155 e. The first-order valence-corrected chi connectivity index (χ1v) is 4.88. The van der Waals surface area contributed by atoms with Crippen molar-refractivity contribution in [3.63, 3.8) is 0 Å². The molecule has 0 bridgehead atoms. The fraction of sp³-hybridized carbons (Fsp3) is 0.400. The number of rotatable bonds is 0. The van der Waals surface area contributed by atoms with Crippen LogP contribution in [0.3, 0.4) is 0 Å². The molecular formula is C10H12N4. The molecule has 14 heavy (non-hydrogen) atoms. The molecule has 3 heterocycles. The molecule has 0 fully saturated rings. The standard InChI is InChI=1S/C10H12N4/c1-7-4-10-12-9-2-3-11-5-8(9)6-14(10)13-7/h4,6,11H,2-3,5H2,1H3. The summed E-state index contributed by atoms with van der Waals surface area (Å²) < 4.78 is 1.86. The maximum Gasteiger partial charge on any atom is 0.155 e. The third-order valence-electron chi connectivity index (χ3n) is 2.59. The second-order valence-electron chi connectivity index (χ2n) is 3.73. The van der Waals surface area contributed by atoms with Crippen LogP contribution >= 0.6 is 0 Å². The van der Waals surface area contributed by atoms with Crippen molar-refractivity contribution in [2.45, 2.75) is 19.9 Å². The van der Waals surface area contributed by atoms with Gasteiger partial charge in [0.15, 0.2) is 5.65 Å². The van der Waals surface area contributed by atoms with E-state index in [0.717, 1.165) is 30.9 Å². The van der Waals surface area contributed by atoms with Crippen molar-refractivity contribution < 1.29 is 0 Å². The average Bonchev–Trinajstić information content (AvgIpc) is 2.53. The summed E-state index contributed by atoms with van der Waals surface area (Å²) >= 11 is 0. The molecule has 0 saturated heterocycles. The van der Waals surface area contributed by atoms with Gasteiger partial charge in [-0.3, -0.25) is 0 Å². The van der Waals surface area contributed by atoms with Gasteiger partial charge in [-0.1, -0.05) is 0 Å². The zero-order valence-electron chi connectivity index (χ0n) is 8.12. The molecular weight excluding hydrogens is 176 g/mol. The van der Waals surface area contributed by atoms with Gasteiger partial charge >= 0.3 is 0 Å². The van der Waals surface area contributed by atoms with Gasteiger partial charge in [-0.05, 0) is 6.92 Å². The molecule has 4 nitrogen and oxygen atoms in total. The maximum atomic E-state index is 4.60. The molecule has 0 aromatic carbocycles. The Hall–Kier alpha value is -1.42. The van der Waals surface area contributed by atoms with Crippen LogP contribution in [0.4, 0.5) is 0 Å². The zero-order chi connectivity index (χ0) is 9.54. The Morgan fingerprint density at radius 1 is 1.50 bits per heavy atom. The molecule has 0 atom stereocenters. The summed E-state index contributed by atoms with van der Waals surface area (Å²) in [4.78, 5) is 4.60. The Balaban J connectivity index is 2.26. The summed E-state index contributed by atoms with van der Waals surface area (Å²) in [5.41, 5.74) is 4.47. The maximum absolute atomic E-state index is 4.60. The number of aryl methyl sites for hydroxylation is 1. The first-order chi connectivity index (χ1) is 6.83. The quantitative estimate of drug-likeness (QED) is 0.661. The lowest BCUT2D eigenvalue weighted by Gasteiger charge is -2.15. The Bertz CT molecular complexity index is 443. The Morgan fingerprint density at radius 2 is 2.43 bits per heavy atom. The van der Waals surface area contributed by atoms with Crippen LogP contribution in [0, 0.1) is 6.92 Å². The van der Waals surface area contributed by atoms with E-state index in [4.69, 9.17) is 0 Å². The Labute approximate surface area is 82.0 Å². The predicted octanol–water partition coefficient (Wildman–Crippen LogP) is 0.683. The van der Waals surface area contributed by atoms with Crippen LogP contribution < -0.4 is 5.32 Å². The SMILES string of the molecule is Cc1cc2nc3c(cn2n1)CNCC3. The van der Waals surface area contributed by atoms with Crippen LogP contribution in [0.5, 0.6) is 0 Å². The van der Waals surface area contributed by atoms with Gasteiger partial charge in [-0.15, -0.1) is 0 Å². The minimum absolute atomic E-state index is 0.914. The molecule has 0 aliphatic carbocycles. The molecule has 0 amide bonds. The van der Waals surface area contributed by atoms with E-state index < -0.39 is 0 Å². The van der Waals surface area contributed by atoms with Crippen LogP contribution in [0.2, 0.25) is 0 Å². The second kappa shape index (κ2) is 2.78. The van der Waals surface area contributed by atoms with Crippen LogP contribution in [0.1, 0.15) is 17.0 Å². The van der Waals surface area contributed by atoms with E-state index in [2.05, 4.69) is 21.6 Å². The van der Waals surface area contributed by atoms with Gasteiger partial charge in [0.1, 0.15) is 0 Å². The number of nitrogens with one attached hydrogen (secondary N) is 1. The van der Waals surface area contributed by atoms with Gasteiger partial charge in [0.05, 0.1) is 11.4 Å². The molecule has 3 rings (SSSR count).